The second-order valence-corrected chi connectivity index (χ2v) is 8.74. The molecule has 2 N–H and O–H groups in total. The van der Waals surface area contributed by atoms with Gasteiger partial charge in [0.25, 0.3) is 0 Å². The van der Waals surface area contributed by atoms with Gasteiger partial charge in [-0.15, -0.1) is 0 Å². The van der Waals surface area contributed by atoms with Crippen LogP contribution < -0.4 is 0 Å². The third-order valence-corrected chi connectivity index (χ3v) is 6.30. The molecule has 31 heavy (non-hydrogen) atoms. The number of hydrogen-bond acceptors (Lipinski definition) is 6. The maximum absolute atomic E-state index is 15.2. The number of benzene rings is 1. The monoisotopic (exact) mass is 430 g/mol. The molecule has 0 saturated carbocycles. The Morgan fingerprint density at radius 2 is 1.90 bits per heavy atom. The molecule has 2 atom stereocenters. The highest BCUT2D eigenvalue weighted by atomic mass is 19.1. The standard InChI is InChI=1S/C23H31FN4O3/c1-15-11-25-20(26-12-15)13-28(14-29)22(30)21-16(2)9-18(10-19(21)24)23(3,31)17-5-7-27(4)8-6-17/h9-12,14,17,22,30-31H,5-8,13H2,1-4H3. The van der Waals surface area contributed by atoms with Gasteiger partial charge < -0.3 is 20.0 Å². The molecule has 1 saturated heterocycles. The Morgan fingerprint density at radius 1 is 1.29 bits per heavy atom. The third-order valence-electron chi connectivity index (χ3n) is 6.30. The van der Waals surface area contributed by atoms with Crippen molar-refractivity contribution in [1.82, 2.24) is 19.8 Å². The number of likely N-dealkylation sites (tertiary alicyclic amines) is 1. The van der Waals surface area contributed by atoms with Gasteiger partial charge in [-0.3, -0.25) is 4.79 Å². The van der Waals surface area contributed by atoms with Gasteiger partial charge in [-0.2, -0.15) is 0 Å². The number of aliphatic hydroxyl groups excluding tert-OH is 1. The smallest absolute Gasteiger partial charge is 0.212 e. The summed E-state index contributed by atoms with van der Waals surface area (Å²) in [7, 11) is 2.05. The molecule has 7 nitrogen and oxygen atoms in total. The fourth-order valence-corrected chi connectivity index (χ4v) is 4.19. The van der Waals surface area contributed by atoms with E-state index in [1.807, 2.05) is 14.0 Å². The van der Waals surface area contributed by atoms with Gasteiger partial charge in [0.15, 0.2) is 6.23 Å². The SMILES string of the molecule is Cc1cnc(CN(C=O)C(O)c2c(C)cc(C(C)(O)C3CCN(C)CC3)cc2F)nc1. The minimum Gasteiger partial charge on any atom is -0.385 e. The molecule has 2 heterocycles. The van der Waals surface area contributed by atoms with Gasteiger partial charge in [0, 0.05) is 18.0 Å². The van der Waals surface area contributed by atoms with Crippen LogP contribution in [0.1, 0.15) is 54.1 Å². The van der Waals surface area contributed by atoms with E-state index in [2.05, 4.69) is 14.9 Å². The van der Waals surface area contributed by atoms with Crippen LogP contribution in [0, 0.1) is 25.6 Å². The lowest BCUT2D eigenvalue weighted by Crippen LogP contribution is -2.40. The van der Waals surface area contributed by atoms with Crippen molar-refractivity contribution in [2.24, 2.45) is 5.92 Å². The van der Waals surface area contributed by atoms with Crippen LogP contribution in [0.15, 0.2) is 24.5 Å². The van der Waals surface area contributed by atoms with Crippen molar-refractivity contribution in [3.05, 3.63) is 58.4 Å². The molecule has 8 heteroatoms. The molecule has 3 rings (SSSR count). The first-order valence-corrected chi connectivity index (χ1v) is 10.5. The van der Waals surface area contributed by atoms with E-state index in [9.17, 15) is 15.0 Å². The molecule has 1 aromatic carbocycles. The summed E-state index contributed by atoms with van der Waals surface area (Å²) in [4.78, 5) is 23.2. The van der Waals surface area contributed by atoms with Crippen LogP contribution in [-0.4, -0.2) is 56.5 Å². The molecule has 1 aliphatic rings. The first-order valence-electron chi connectivity index (χ1n) is 10.5. The van der Waals surface area contributed by atoms with Gasteiger partial charge in [0.1, 0.15) is 11.6 Å². The zero-order valence-corrected chi connectivity index (χ0v) is 18.5. The van der Waals surface area contributed by atoms with Crippen molar-refractivity contribution in [3.8, 4) is 0 Å². The maximum Gasteiger partial charge on any atom is 0.212 e. The van der Waals surface area contributed by atoms with Gasteiger partial charge in [-0.05, 0) is 82.4 Å². The number of piperidine rings is 1. The highest BCUT2D eigenvalue weighted by Gasteiger charge is 2.36. The van der Waals surface area contributed by atoms with E-state index >= 15 is 4.39 Å². The summed E-state index contributed by atoms with van der Waals surface area (Å²) in [6, 6.07) is 2.97. The number of amides is 1. The molecule has 0 spiro atoms. The van der Waals surface area contributed by atoms with Crippen LogP contribution in [0.25, 0.3) is 0 Å². The summed E-state index contributed by atoms with van der Waals surface area (Å²) >= 11 is 0. The summed E-state index contributed by atoms with van der Waals surface area (Å²) in [6.07, 6.45) is 3.83. The Hall–Kier alpha value is -2.42. The lowest BCUT2D eigenvalue weighted by Gasteiger charge is -2.39. The van der Waals surface area contributed by atoms with E-state index in [0.29, 0.717) is 23.4 Å². The van der Waals surface area contributed by atoms with E-state index in [-0.39, 0.29) is 18.0 Å². The molecule has 2 unspecified atom stereocenters. The maximum atomic E-state index is 15.2. The average molecular weight is 431 g/mol. The number of aromatic nitrogens is 2. The van der Waals surface area contributed by atoms with Crippen LogP contribution in [-0.2, 0) is 16.9 Å². The van der Waals surface area contributed by atoms with Crippen molar-refractivity contribution in [1.29, 1.82) is 0 Å². The quantitative estimate of drug-likeness (QED) is 0.518. The van der Waals surface area contributed by atoms with Crippen LogP contribution in [0.2, 0.25) is 0 Å². The predicted octanol–water partition coefficient (Wildman–Crippen LogP) is 2.43. The minimum absolute atomic E-state index is 0.00198. The summed E-state index contributed by atoms with van der Waals surface area (Å²) in [5.41, 5.74) is 0.634. The van der Waals surface area contributed by atoms with Gasteiger partial charge in [-0.25, -0.2) is 14.4 Å². The largest absolute Gasteiger partial charge is 0.385 e. The Balaban J connectivity index is 1.84. The minimum atomic E-state index is -1.50. The van der Waals surface area contributed by atoms with E-state index < -0.39 is 17.6 Å². The topological polar surface area (TPSA) is 89.8 Å². The molecule has 0 aliphatic carbocycles. The number of carbonyl (C=O) groups excluding carboxylic acids is 1. The average Bonchev–Trinajstić information content (AvgIpc) is 2.73. The van der Waals surface area contributed by atoms with Crippen molar-refractivity contribution >= 4 is 6.41 Å². The van der Waals surface area contributed by atoms with E-state index in [1.54, 1.807) is 32.3 Å². The molecule has 1 aliphatic heterocycles. The third kappa shape index (κ3) is 5.08. The first kappa shape index (κ1) is 23.2. The number of carbonyl (C=O) groups is 1. The lowest BCUT2D eigenvalue weighted by molar-refractivity contribution is -0.129. The number of rotatable bonds is 7. The van der Waals surface area contributed by atoms with E-state index in [1.165, 1.54) is 6.07 Å². The number of aliphatic hydroxyl groups is 2. The van der Waals surface area contributed by atoms with Crippen molar-refractivity contribution in [2.45, 2.75) is 52.0 Å². The second kappa shape index (κ2) is 9.38. The molecular weight excluding hydrogens is 399 g/mol. The zero-order valence-electron chi connectivity index (χ0n) is 18.5. The van der Waals surface area contributed by atoms with Crippen LogP contribution in [0.4, 0.5) is 4.39 Å². The predicted molar refractivity (Wildman–Crippen MR) is 114 cm³/mol. The molecule has 0 radical (unpaired) electrons. The zero-order chi connectivity index (χ0) is 22.8. The van der Waals surface area contributed by atoms with Gasteiger partial charge in [0.05, 0.1) is 12.1 Å². The molecule has 168 valence electrons. The summed E-state index contributed by atoms with van der Waals surface area (Å²) in [6.45, 7) is 6.94. The summed E-state index contributed by atoms with van der Waals surface area (Å²) in [5, 5.41) is 22.0. The molecule has 1 amide bonds. The van der Waals surface area contributed by atoms with Crippen LogP contribution in [0.3, 0.4) is 0 Å². The summed E-state index contributed by atoms with van der Waals surface area (Å²) in [5.74, 6) is -0.299. The Labute approximate surface area is 182 Å². The molecule has 1 aromatic heterocycles. The second-order valence-electron chi connectivity index (χ2n) is 8.74. The van der Waals surface area contributed by atoms with Crippen LogP contribution in [0.5, 0.6) is 0 Å². The van der Waals surface area contributed by atoms with Crippen molar-refractivity contribution in [2.75, 3.05) is 20.1 Å². The highest BCUT2D eigenvalue weighted by molar-refractivity contribution is 5.49. The van der Waals surface area contributed by atoms with E-state index in [4.69, 9.17) is 0 Å². The van der Waals surface area contributed by atoms with Crippen molar-refractivity contribution < 1.29 is 19.4 Å². The lowest BCUT2D eigenvalue weighted by atomic mass is 9.76. The number of nitrogens with zero attached hydrogens (tertiary/aromatic N) is 4. The summed E-state index contributed by atoms with van der Waals surface area (Å²) < 4.78 is 15.2. The molecule has 1 fully saturated rings. The number of hydrogen-bond donors (Lipinski definition) is 2. The highest BCUT2D eigenvalue weighted by Crippen LogP contribution is 2.38. The Kier molecular flexibility index (Phi) is 7.03. The Morgan fingerprint density at radius 3 is 2.45 bits per heavy atom. The van der Waals surface area contributed by atoms with Gasteiger partial charge >= 0.3 is 0 Å². The number of aryl methyl sites for hydroxylation is 2. The molecular formula is C23H31FN4O3. The van der Waals surface area contributed by atoms with Crippen molar-refractivity contribution in [3.63, 3.8) is 0 Å². The van der Waals surface area contributed by atoms with Gasteiger partial charge in [0.2, 0.25) is 6.41 Å². The fourth-order valence-electron chi connectivity index (χ4n) is 4.19. The Bertz CT molecular complexity index is 889. The molecule has 2 aromatic rings. The van der Waals surface area contributed by atoms with E-state index in [0.717, 1.165) is 36.4 Å². The first-order chi connectivity index (χ1) is 14.6. The van der Waals surface area contributed by atoms with Crippen LogP contribution >= 0.6 is 0 Å². The van der Waals surface area contributed by atoms with Gasteiger partial charge in [-0.1, -0.05) is 6.07 Å². The fraction of sp³-hybridized carbons (Fsp3) is 0.522. The molecule has 0 bridgehead atoms. The number of halogens is 1. The normalized spacial score (nSPS) is 18.4.